The first-order chi connectivity index (χ1) is 13.8. The third-order valence-corrected chi connectivity index (χ3v) is 4.55. The molecule has 0 saturated heterocycles. The van der Waals surface area contributed by atoms with Crippen molar-refractivity contribution in [3.8, 4) is 0 Å². The second-order valence-electron chi connectivity index (χ2n) is 7.82. The van der Waals surface area contributed by atoms with Crippen molar-refractivity contribution in [2.45, 2.75) is 26.2 Å². The van der Waals surface area contributed by atoms with Gasteiger partial charge < -0.3 is 11.1 Å². The summed E-state index contributed by atoms with van der Waals surface area (Å²) in [5, 5.41) is 2.79. The summed E-state index contributed by atoms with van der Waals surface area (Å²) in [4.78, 5) is 27.5. The molecule has 0 spiro atoms. The number of nitrogen functional groups attached to an aromatic ring is 1. The SMILES string of the molecule is CC(C)(C)c1ccccc1NC(=O)C(=O)N(c1ccccc1)c1ccc(N)cc1. The molecule has 0 bridgehead atoms. The van der Waals surface area contributed by atoms with Crippen molar-refractivity contribution in [2.75, 3.05) is 16.0 Å². The van der Waals surface area contributed by atoms with E-state index in [1.54, 1.807) is 36.4 Å². The summed E-state index contributed by atoms with van der Waals surface area (Å²) < 4.78 is 0. The molecule has 3 rings (SSSR count). The Morgan fingerprint density at radius 3 is 1.97 bits per heavy atom. The maximum atomic E-state index is 13.2. The minimum Gasteiger partial charge on any atom is -0.399 e. The molecule has 5 nitrogen and oxygen atoms in total. The fourth-order valence-electron chi connectivity index (χ4n) is 3.11. The van der Waals surface area contributed by atoms with Gasteiger partial charge in [-0.3, -0.25) is 14.5 Å². The van der Waals surface area contributed by atoms with Crippen LogP contribution in [0.15, 0.2) is 78.9 Å². The molecule has 0 heterocycles. The largest absolute Gasteiger partial charge is 0.399 e. The van der Waals surface area contributed by atoms with Gasteiger partial charge in [-0.05, 0) is 53.4 Å². The number of amides is 2. The molecule has 5 heteroatoms. The van der Waals surface area contributed by atoms with Gasteiger partial charge in [0.2, 0.25) is 0 Å². The minimum absolute atomic E-state index is 0.178. The van der Waals surface area contributed by atoms with E-state index in [9.17, 15) is 9.59 Å². The Morgan fingerprint density at radius 1 is 0.793 bits per heavy atom. The molecule has 148 valence electrons. The van der Waals surface area contributed by atoms with Crippen molar-refractivity contribution < 1.29 is 9.59 Å². The number of hydrogen-bond acceptors (Lipinski definition) is 3. The summed E-state index contributed by atoms with van der Waals surface area (Å²) in [6.45, 7) is 6.18. The monoisotopic (exact) mass is 387 g/mol. The van der Waals surface area contributed by atoms with Crippen molar-refractivity contribution in [2.24, 2.45) is 0 Å². The Morgan fingerprint density at radius 2 is 1.34 bits per heavy atom. The highest BCUT2D eigenvalue weighted by Gasteiger charge is 2.27. The van der Waals surface area contributed by atoms with E-state index in [2.05, 4.69) is 26.1 Å². The molecule has 0 aliphatic heterocycles. The lowest BCUT2D eigenvalue weighted by Gasteiger charge is -2.25. The van der Waals surface area contributed by atoms with Gasteiger partial charge in [0.25, 0.3) is 0 Å². The predicted octanol–water partition coefficient (Wildman–Crippen LogP) is 4.87. The van der Waals surface area contributed by atoms with Crippen molar-refractivity contribution >= 4 is 34.6 Å². The average Bonchev–Trinajstić information content (AvgIpc) is 2.70. The number of para-hydroxylation sites is 2. The summed E-state index contributed by atoms with van der Waals surface area (Å²) in [7, 11) is 0. The average molecular weight is 387 g/mol. The van der Waals surface area contributed by atoms with Crippen LogP contribution >= 0.6 is 0 Å². The van der Waals surface area contributed by atoms with Crippen LogP contribution in [0.2, 0.25) is 0 Å². The van der Waals surface area contributed by atoms with E-state index in [0.29, 0.717) is 22.7 Å². The number of carbonyl (C=O) groups is 2. The Labute approximate surface area is 171 Å². The van der Waals surface area contributed by atoms with Gasteiger partial charge in [-0.15, -0.1) is 0 Å². The number of nitrogens with two attached hydrogens (primary N) is 1. The van der Waals surface area contributed by atoms with Gasteiger partial charge in [-0.25, -0.2) is 0 Å². The first kappa shape index (κ1) is 20.1. The summed E-state index contributed by atoms with van der Waals surface area (Å²) in [5.74, 6) is -1.38. The molecule has 0 aliphatic carbocycles. The molecular formula is C24H25N3O2. The van der Waals surface area contributed by atoms with Crippen LogP contribution in [0.5, 0.6) is 0 Å². The Balaban J connectivity index is 1.95. The van der Waals surface area contributed by atoms with Gasteiger partial charge in [0.05, 0.1) is 0 Å². The summed E-state index contributed by atoms with van der Waals surface area (Å²) in [6, 6.07) is 23.4. The predicted molar refractivity (Wildman–Crippen MR) is 118 cm³/mol. The fraction of sp³-hybridized carbons (Fsp3) is 0.167. The summed E-state index contributed by atoms with van der Waals surface area (Å²) >= 11 is 0. The molecule has 3 aromatic rings. The Kier molecular flexibility index (Phi) is 5.69. The van der Waals surface area contributed by atoms with Crippen LogP contribution in [0.4, 0.5) is 22.7 Å². The van der Waals surface area contributed by atoms with Gasteiger partial charge in [0, 0.05) is 22.7 Å². The van der Waals surface area contributed by atoms with Crippen LogP contribution < -0.4 is 16.0 Å². The molecule has 3 aromatic carbocycles. The number of rotatable bonds is 3. The molecule has 0 unspecified atom stereocenters. The van der Waals surface area contributed by atoms with Crippen molar-refractivity contribution in [3.05, 3.63) is 84.4 Å². The van der Waals surface area contributed by atoms with Crippen molar-refractivity contribution in [1.29, 1.82) is 0 Å². The maximum Gasteiger partial charge on any atom is 0.321 e. The third kappa shape index (κ3) is 4.63. The van der Waals surface area contributed by atoms with Crippen LogP contribution in [0.25, 0.3) is 0 Å². The van der Waals surface area contributed by atoms with E-state index in [1.807, 2.05) is 42.5 Å². The standard InChI is InChI=1S/C24H25N3O2/c1-24(2,3)20-11-7-8-12-21(20)26-22(28)23(29)27(18-9-5-4-6-10-18)19-15-13-17(25)14-16-19/h4-16H,25H2,1-3H3,(H,26,28). The fourth-order valence-corrected chi connectivity index (χ4v) is 3.11. The highest BCUT2D eigenvalue weighted by Crippen LogP contribution is 2.30. The maximum absolute atomic E-state index is 13.2. The summed E-state index contributed by atoms with van der Waals surface area (Å²) in [6.07, 6.45) is 0. The van der Waals surface area contributed by atoms with Crippen LogP contribution in [0, 0.1) is 0 Å². The summed E-state index contributed by atoms with van der Waals surface area (Å²) in [5.41, 5.74) is 8.93. The molecule has 3 N–H and O–H groups in total. The van der Waals surface area contributed by atoms with Gasteiger partial charge in [-0.2, -0.15) is 0 Å². The quantitative estimate of drug-likeness (QED) is 0.497. The number of benzene rings is 3. The molecule has 0 atom stereocenters. The second kappa shape index (κ2) is 8.19. The lowest BCUT2D eigenvalue weighted by Crippen LogP contribution is -2.37. The van der Waals surface area contributed by atoms with Gasteiger partial charge in [0.15, 0.2) is 0 Å². The third-order valence-electron chi connectivity index (χ3n) is 4.55. The molecule has 2 amide bonds. The highest BCUT2D eigenvalue weighted by atomic mass is 16.2. The van der Waals surface area contributed by atoms with Crippen molar-refractivity contribution in [3.63, 3.8) is 0 Å². The zero-order chi connectivity index (χ0) is 21.0. The van der Waals surface area contributed by atoms with E-state index < -0.39 is 11.8 Å². The minimum atomic E-state index is -0.706. The van der Waals surface area contributed by atoms with Crippen LogP contribution in [0.3, 0.4) is 0 Å². The van der Waals surface area contributed by atoms with Gasteiger partial charge in [-0.1, -0.05) is 57.2 Å². The number of hydrogen-bond donors (Lipinski definition) is 2. The van der Waals surface area contributed by atoms with E-state index in [4.69, 9.17) is 5.73 Å². The van der Waals surface area contributed by atoms with E-state index in [-0.39, 0.29) is 5.41 Å². The molecule has 0 aromatic heterocycles. The van der Waals surface area contributed by atoms with E-state index >= 15 is 0 Å². The number of nitrogens with zero attached hydrogens (tertiary/aromatic N) is 1. The second-order valence-corrected chi connectivity index (χ2v) is 7.82. The lowest BCUT2D eigenvalue weighted by molar-refractivity contribution is -0.134. The topological polar surface area (TPSA) is 75.4 Å². The lowest BCUT2D eigenvalue weighted by atomic mass is 9.86. The first-order valence-electron chi connectivity index (χ1n) is 9.43. The molecule has 0 saturated carbocycles. The van der Waals surface area contributed by atoms with Crippen molar-refractivity contribution in [1.82, 2.24) is 0 Å². The molecule has 0 radical (unpaired) electrons. The molecule has 0 fully saturated rings. The molecule has 29 heavy (non-hydrogen) atoms. The van der Waals surface area contributed by atoms with Crippen LogP contribution in [-0.4, -0.2) is 11.8 Å². The van der Waals surface area contributed by atoms with E-state index in [1.165, 1.54) is 4.90 Å². The number of carbonyl (C=O) groups excluding carboxylic acids is 2. The molecular weight excluding hydrogens is 362 g/mol. The Bertz CT molecular complexity index is 1010. The van der Waals surface area contributed by atoms with Gasteiger partial charge >= 0.3 is 11.8 Å². The number of anilines is 4. The van der Waals surface area contributed by atoms with Gasteiger partial charge in [0.1, 0.15) is 0 Å². The molecule has 0 aliphatic rings. The number of nitrogens with one attached hydrogen (secondary N) is 1. The highest BCUT2D eigenvalue weighted by molar-refractivity contribution is 6.45. The zero-order valence-corrected chi connectivity index (χ0v) is 16.8. The van der Waals surface area contributed by atoms with E-state index in [0.717, 1.165) is 5.56 Å². The first-order valence-corrected chi connectivity index (χ1v) is 9.43. The van der Waals surface area contributed by atoms with Crippen LogP contribution in [0.1, 0.15) is 26.3 Å². The normalized spacial score (nSPS) is 11.0. The zero-order valence-electron chi connectivity index (χ0n) is 16.8. The van der Waals surface area contributed by atoms with Crippen LogP contribution in [-0.2, 0) is 15.0 Å². The Hall–Kier alpha value is -3.60. The smallest absolute Gasteiger partial charge is 0.321 e.